The summed E-state index contributed by atoms with van der Waals surface area (Å²) in [6, 6.07) is 3.74. The Bertz CT molecular complexity index is 497. The Kier molecular flexibility index (Phi) is 5.10. The Hall–Kier alpha value is -1.14. The van der Waals surface area contributed by atoms with Crippen molar-refractivity contribution < 1.29 is 22.7 Å². The molecule has 0 aromatic heterocycles. The Morgan fingerprint density at radius 2 is 2.06 bits per heavy atom. The fraction of sp³-hybridized carbons (Fsp3) is 0.500. The molecule has 0 saturated heterocycles. The lowest BCUT2D eigenvalue weighted by atomic mass is 10.2. The molecule has 4 nitrogen and oxygen atoms in total. The van der Waals surface area contributed by atoms with E-state index in [2.05, 4.69) is 0 Å². The zero-order valence-corrected chi connectivity index (χ0v) is 11.2. The summed E-state index contributed by atoms with van der Waals surface area (Å²) in [5.41, 5.74) is 0.303. The summed E-state index contributed by atoms with van der Waals surface area (Å²) in [7, 11) is -3.16. The summed E-state index contributed by atoms with van der Waals surface area (Å²) in [5, 5.41) is 8.57. The van der Waals surface area contributed by atoms with Crippen LogP contribution in [0.2, 0.25) is 0 Å². The van der Waals surface area contributed by atoms with Gasteiger partial charge in [0.1, 0.15) is 18.2 Å². The van der Waals surface area contributed by atoms with Crippen LogP contribution in [0.1, 0.15) is 19.4 Å². The summed E-state index contributed by atoms with van der Waals surface area (Å²) >= 11 is 0. The maximum absolute atomic E-state index is 12.9. The molecule has 102 valence electrons. The van der Waals surface area contributed by atoms with E-state index in [1.165, 1.54) is 12.1 Å². The molecule has 1 N–H and O–H groups in total. The monoisotopic (exact) mass is 276 g/mol. The van der Waals surface area contributed by atoms with Crippen molar-refractivity contribution in [3.05, 3.63) is 29.6 Å². The van der Waals surface area contributed by atoms with Crippen molar-refractivity contribution in [2.24, 2.45) is 0 Å². The number of rotatable bonds is 6. The lowest BCUT2D eigenvalue weighted by molar-refractivity contribution is 0.266. The molecule has 6 heteroatoms. The van der Waals surface area contributed by atoms with Gasteiger partial charge in [-0.3, -0.25) is 0 Å². The SMILES string of the molecule is CC(C)S(=O)(=O)CCOc1ccc(F)cc1CO. The van der Waals surface area contributed by atoms with Gasteiger partial charge in [0.05, 0.1) is 17.6 Å². The molecule has 0 radical (unpaired) electrons. The molecule has 1 aromatic carbocycles. The standard InChI is InChI=1S/C12H17FO4S/c1-9(2)18(15,16)6-5-17-12-4-3-11(13)7-10(12)8-14/h3-4,7,9,14H,5-6,8H2,1-2H3. The third kappa shape index (κ3) is 3.96. The molecule has 0 heterocycles. The normalized spacial score (nSPS) is 11.8. The fourth-order valence-corrected chi connectivity index (χ4v) is 2.10. The molecule has 0 saturated carbocycles. The average Bonchev–Trinajstić information content (AvgIpc) is 2.30. The number of aliphatic hydroxyl groups excluding tert-OH is 1. The van der Waals surface area contributed by atoms with Crippen molar-refractivity contribution in [2.45, 2.75) is 25.7 Å². The molecule has 1 rings (SSSR count). The van der Waals surface area contributed by atoms with E-state index in [9.17, 15) is 12.8 Å². The summed E-state index contributed by atoms with van der Waals surface area (Å²) in [6.07, 6.45) is 0. The molecule has 0 fully saturated rings. The maximum Gasteiger partial charge on any atom is 0.155 e. The largest absolute Gasteiger partial charge is 0.492 e. The topological polar surface area (TPSA) is 63.6 Å². The van der Waals surface area contributed by atoms with E-state index in [1.807, 2.05) is 0 Å². The molecule has 0 atom stereocenters. The van der Waals surface area contributed by atoms with E-state index in [0.717, 1.165) is 6.07 Å². The summed E-state index contributed by atoms with van der Waals surface area (Å²) in [4.78, 5) is 0. The fourth-order valence-electron chi connectivity index (χ4n) is 1.32. The van der Waals surface area contributed by atoms with Crippen molar-refractivity contribution in [3.8, 4) is 5.75 Å². The van der Waals surface area contributed by atoms with Gasteiger partial charge in [0.2, 0.25) is 0 Å². The second kappa shape index (κ2) is 6.15. The lowest BCUT2D eigenvalue weighted by Crippen LogP contribution is -2.22. The number of halogens is 1. The molecule has 0 spiro atoms. The molecule has 0 aliphatic heterocycles. The first-order valence-electron chi connectivity index (χ1n) is 5.60. The first kappa shape index (κ1) is 14.9. The Labute approximate surface area is 106 Å². The summed E-state index contributed by atoms with van der Waals surface area (Å²) in [6.45, 7) is 2.84. The van der Waals surface area contributed by atoms with Crippen LogP contribution in [0.15, 0.2) is 18.2 Å². The number of ether oxygens (including phenoxy) is 1. The maximum atomic E-state index is 12.9. The van der Waals surface area contributed by atoms with E-state index in [1.54, 1.807) is 13.8 Å². The highest BCUT2D eigenvalue weighted by molar-refractivity contribution is 7.91. The van der Waals surface area contributed by atoms with Gasteiger partial charge in [-0.15, -0.1) is 0 Å². The first-order chi connectivity index (χ1) is 8.36. The third-order valence-corrected chi connectivity index (χ3v) is 4.71. The van der Waals surface area contributed by atoms with Crippen molar-refractivity contribution in [2.75, 3.05) is 12.4 Å². The van der Waals surface area contributed by atoms with Crippen molar-refractivity contribution in [1.29, 1.82) is 0 Å². The Morgan fingerprint density at radius 3 is 2.61 bits per heavy atom. The predicted molar refractivity (Wildman–Crippen MR) is 66.7 cm³/mol. The highest BCUT2D eigenvalue weighted by atomic mass is 32.2. The van der Waals surface area contributed by atoms with E-state index in [-0.39, 0.29) is 19.0 Å². The number of benzene rings is 1. The quantitative estimate of drug-likeness (QED) is 0.855. The minimum atomic E-state index is -3.16. The van der Waals surface area contributed by atoms with Crippen LogP contribution in [0, 0.1) is 5.82 Å². The van der Waals surface area contributed by atoms with E-state index in [4.69, 9.17) is 9.84 Å². The predicted octanol–water partition coefficient (Wildman–Crippen LogP) is 1.52. The van der Waals surface area contributed by atoms with Crippen LogP contribution in [-0.2, 0) is 16.4 Å². The van der Waals surface area contributed by atoms with Crippen LogP contribution in [0.25, 0.3) is 0 Å². The zero-order valence-electron chi connectivity index (χ0n) is 10.4. The molecule has 0 amide bonds. The number of sulfone groups is 1. The Morgan fingerprint density at radius 1 is 1.39 bits per heavy atom. The second-order valence-electron chi connectivity index (χ2n) is 4.17. The smallest absolute Gasteiger partial charge is 0.155 e. The molecule has 0 aliphatic rings. The molecular weight excluding hydrogens is 259 g/mol. The highest BCUT2D eigenvalue weighted by Gasteiger charge is 2.16. The summed E-state index contributed by atoms with van der Waals surface area (Å²) in [5.74, 6) is -0.272. The molecule has 1 aromatic rings. The van der Waals surface area contributed by atoms with Gasteiger partial charge in [-0.2, -0.15) is 0 Å². The first-order valence-corrected chi connectivity index (χ1v) is 7.32. The van der Waals surface area contributed by atoms with Gasteiger partial charge in [0.15, 0.2) is 9.84 Å². The van der Waals surface area contributed by atoms with E-state index in [0.29, 0.717) is 11.3 Å². The van der Waals surface area contributed by atoms with Gasteiger partial charge in [-0.05, 0) is 32.0 Å². The van der Waals surface area contributed by atoms with Crippen molar-refractivity contribution in [3.63, 3.8) is 0 Å². The number of hydrogen-bond donors (Lipinski definition) is 1. The molecule has 0 aliphatic carbocycles. The van der Waals surface area contributed by atoms with Crippen molar-refractivity contribution in [1.82, 2.24) is 0 Å². The molecule has 18 heavy (non-hydrogen) atoms. The molecule has 0 unspecified atom stereocenters. The van der Waals surface area contributed by atoms with Gasteiger partial charge in [-0.25, -0.2) is 12.8 Å². The molecule has 0 bridgehead atoms. The van der Waals surface area contributed by atoms with E-state index >= 15 is 0 Å². The van der Waals surface area contributed by atoms with Crippen LogP contribution in [-0.4, -0.2) is 31.1 Å². The van der Waals surface area contributed by atoms with E-state index < -0.39 is 20.9 Å². The molecular formula is C12H17FO4S. The van der Waals surface area contributed by atoms with Crippen LogP contribution >= 0.6 is 0 Å². The van der Waals surface area contributed by atoms with Crippen molar-refractivity contribution >= 4 is 9.84 Å². The van der Waals surface area contributed by atoms with Crippen LogP contribution < -0.4 is 4.74 Å². The van der Waals surface area contributed by atoms with Gasteiger partial charge in [0.25, 0.3) is 0 Å². The van der Waals surface area contributed by atoms with Gasteiger partial charge < -0.3 is 9.84 Å². The highest BCUT2D eigenvalue weighted by Crippen LogP contribution is 2.19. The number of hydrogen-bond acceptors (Lipinski definition) is 4. The minimum Gasteiger partial charge on any atom is -0.492 e. The number of aliphatic hydroxyl groups is 1. The average molecular weight is 276 g/mol. The summed E-state index contributed by atoms with van der Waals surface area (Å²) < 4.78 is 41.2. The third-order valence-electron chi connectivity index (χ3n) is 2.54. The van der Waals surface area contributed by atoms with Crippen LogP contribution in [0.5, 0.6) is 5.75 Å². The van der Waals surface area contributed by atoms with Crippen LogP contribution in [0.4, 0.5) is 4.39 Å². The zero-order chi connectivity index (χ0) is 13.8. The Balaban J connectivity index is 2.65. The second-order valence-corrected chi connectivity index (χ2v) is 6.85. The van der Waals surface area contributed by atoms with Crippen LogP contribution in [0.3, 0.4) is 0 Å². The van der Waals surface area contributed by atoms with Gasteiger partial charge >= 0.3 is 0 Å². The van der Waals surface area contributed by atoms with Gasteiger partial charge in [0, 0.05) is 5.56 Å². The lowest BCUT2D eigenvalue weighted by Gasteiger charge is -2.11. The van der Waals surface area contributed by atoms with Gasteiger partial charge in [-0.1, -0.05) is 0 Å². The minimum absolute atomic E-state index is 0.0147.